The summed E-state index contributed by atoms with van der Waals surface area (Å²) in [5.41, 5.74) is -0.0632. The van der Waals surface area contributed by atoms with E-state index in [1.807, 2.05) is 0 Å². The number of alkyl halides is 3. The number of anilines is 1. The first-order valence-corrected chi connectivity index (χ1v) is 10.2. The van der Waals surface area contributed by atoms with Crippen LogP contribution in [0.4, 0.5) is 19.1 Å². The summed E-state index contributed by atoms with van der Waals surface area (Å²) >= 11 is 0. The van der Waals surface area contributed by atoms with Crippen molar-refractivity contribution in [3.05, 3.63) is 29.3 Å². The van der Waals surface area contributed by atoms with Gasteiger partial charge in [0.25, 0.3) is 0 Å². The summed E-state index contributed by atoms with van der Waals surface area (Å²) in [5.74, 6) is 0.0565. The second kappa shape index (κ2) is 6.41. The molecule has 2 saturated heterocycles. The maximum atomic E-state index is 13.0. The number of halogens is 3. The number of sulfonamides is 1. The van der Waals surface area contributed by atoms with Crippen molar-refractivity contribution in [2.24, 2.45) is 11.8 Å². The Balaban J connectivity index is 1.50. The van der Waals surface area contributed by atoms with Gasteiger partial charge in [0, 0.05) is 32.4 Å². The molecule has 152 valence electrons. The van der Waals surface area contributed by atoms with Crippen molar-refractivity contribution < 1.29 is 21.6 Å². The Hall–Kier alpha value is -2.21. The average molecular weight is 416 g/mol. The van der Waals surface area contributed by atoms with E-state index in [0.29, 0.717) is 37.6 Å². The Morgan fingerprint density at radius 3 is 2.32 bits per heavy atom. The Kier molecular flexibility index (Phi) is 4.38. The summed E-state index contributed by atoms with van der Waals surface area (Å²) in [6.07, 6.45) is -3.43. The molecule has 8 nitrogen and oxygen atoms in total. The van der Waals surface area contributed by atoms with Crippen LogP contribution in [0.5, 0.6) is 0 Å². The van der Waals surface area contributed by atoms with Gasteiger partial charge in [-0.05, 0) is 31.7 Å². The number of H-pyrrole nitrogens is 1. The molecule has 0 bridgehead atoms. The van der Waals surface area contributed by atoms with Crippen molar-refractivity contribution in [3.8, 4) is 0 Å². The number of aromatic amines is 1. The molecular formula is C16H19F3N6O2S. The van der Waals surface area contributed by atoms with Crippen LogP contribution in [0.3, 0.4) is 0 Å². The lowest BCUT2D eigenvalue weighted by molar-refractivity contribution is -0.141. The Morgan fingerprint density at radius 1 is 1.14 bits per heavy atom. The summed E-state index contributed by atoms with van der Waals surface area (Å²) in [6.45, 7) is 4.76. The molecule has 0 saturated carbocycles. The highest BCUT2D eigenvalue weighted by molar-refractivity contribution is 7.89. The predicted molar refractivity (Wildman–Crippen MR) is 93.0 cm³/mol. The van der Waals surface area contributed by atoms with Gasteiger partial charge in [-0.2, -0.15) is 22.6 Å². The van der Waals surface area contributed by atoms with Crippen LogP contribution in [0, 0.1) is 25.7 Å². The molecule has 2 aliphatic heterocycles. The van der Waals surface area contributed by atoms with Crippen LogP contribution in [-0.2, 0) is 16.2 Å². The molecule has 2 aliphatic rings. The van der Waals surface area contributed by atoms with Gasteiger partial charge in [0.15, 0.2) is 0 Å². The monoisotopic (exact) mass is 416 g/mol. The molecule has 0 aromatic carbocycles. The van der Waals surface area contributed by atoms with Gasteiger partial charge in [0.2, 0.25) is 16.0 Å². The number of hydrogen-bond acceptors (Lipinski definition) is 6. The summed E-state index contributed by atoms with van der Waals surface area (Å²) in [4.78, 5) is 9.49. The molecule has 2 fully saturated rings. The van der Waals surface area contributed by atoms with Gasteiger partial charge in [0.05, 0.1) is 11.4 Å². The number of aryl methyl sites for hydroxylation is 2. The Morgan fingerprint density at radius 2 is 1.79 bits per heavy atom. The molecule has 4 heterocycles. The smallest absolute Gasteiger partial charge is 0.340 e. The number of hydrogen-bond donors (Lipinski definition) is 1. The minimum absolute atomic E-state index is 0.0143. The first-order valence-electron chi connectivity index (χ1n) is 8.74. The average Bonchev–Trinajstić information content (AvgIpc) is 3.27. The number of rotatable bonds is 3. The molecule has 1 N–H and O–H groups in total. The molecule has 2 unspecified atom stereocenters. The molecule has 0 radical (unpaired) electrons. The third-order valence-corrected chi connectivity index (χ3v) is 7.42. The van der Waals surface area contributed by atoms with E-state index in [1.165, 1.54) is 4.31 Å². The summed E-state index contributed by atoms with van der Waals surface area (Å²) < 4.78 is 66.0. The second-order valence-corrected chi connectivity index (χ2v) is 9.12. The lowest BCUT2D eigenvalue weighted by Crippen LogP contribution is -2.34. The summed E-state index contributed by atoms with van der Waals surface area (Å²) in [6, 6.07) is 0.838. The summed E-state index contributed by atoms with van der Waals surface area (Å²) in [5, 5.41) is 6.65. The minimum Gasteiger partial charge on any atom is -0.340 e. The zero-order valence-corrected chi connectivity index (χ0v) is 16.0. The van der Waals surface area contributed by atoms with Crippen molar-refractivity contribution in [3.63, 3.8) is 0 Å². The van der Waals surface area contributed by atoms with Gasteiger partial charge in [-0.25, -0.2) is 18.4 Å². The number of aromatic nitrogens is 4. The first-order chi connectivity index (χ1) is 13.1. The highest BCUT2D eigenvalue weighted by Crippen LogP contribution is 2.37. The van der Waals surface area contributed by atoms with E-state index < -0.39 is 21.9 Å². The third kappa shape index (κ3) is 3.13. The molecule has 2 atom stereocenters. The molecule has 2 aromatic rings. The molecule has 2 aromatic heterocycles. The van der Waals surface area contributed by atoms with E-state index in [-0.39, 0.29) is 22.7 Å². The van der Waals surface area contributed by atoms with Crippen LogP contribution in [0.1, 0.15) is 17.1 Å². The predicted octanol–water partition coefficient (Wildman–Crippen LogP) is 1.59. The van der Waals surface area contributed by atoms with E-state index in [9.17, 15) is 21.6 Å². The Bertz CT molecular complexity index is 973. The van der Waals surface area contributed by atoms with Gasteiger partial charge in [0.1, 0.15) is 10.6 Å². The van der Waals surface area contributed by atoms with Crippen LogP contribution in [0.2, 0.25) is 0 Å². The molecule has 0 amide bonds. The van der Waals surface area contributed by atoms with Crippen molar-refractivity contribution >= 4 is 16.0 Å². The fourth-order valence-electron chi connectivity index (χ4n) is 4.02. The van der Waals surface area contributed by atoms with Crippen molar-refractivity contribution in [1.29, 1.82) is 0 Å². The fourth-order valence-corrected chi connectivity index (χ4v) is 5.90. The normalized spacial score (nSPS) is 23.4. The zero-order valence-electron chi connectivity index (χ0n) is 15.2. The molecule has 0 spiro atoms. The number of nitrogens with zero attached hydrogens (tertiary/aromatic N) is 5. The van der Waals surface area contributed by atoms with Crippen LogP contribution in [0.25, 0.3) is 0 Å². The largest absolute Gasteiger partial charge is 0.433 e. The van der Waals surface area contributed by atoms with Gasteiger partial charge >= 0.3 is 6.18 Å². The molecule has 12 heteroatoms. The SMILES string of the molecule is Cc1n[nH]c(C)c1S(=O)(=O)N1CC2CN(c3nccc(C(F)(F)F)n3)CC2C1. The summed E-state index contributed by atoms with van der Waals surface area (Å²) in [7, 11) is -3.67. The van der Waals surface area contributed by atoms with E-state index in [2.05, 4.69) is 20.2 Å². The first kappa shape index (κ1) is 19.1. The van der Waals surface area contributed by atoms with Crippen molar-refractivity contribution in [2.75, 3.05) is 31.1 Å². The quantitative estimate of drug-likeness (QED) is 0.817. The highest BCUT2D eigenvalue weighted by atomic mass is 32.2. The Labute approximate surface area is 159 Å². The van der Waals surface area contributed by atoms with Crippen LogP contribution in [0.15, 0.2) is 17.2 Å². The van der Waals surface area contributed by atoms with Gasteiger partial charge in [-0.15, -0.1) is 0 Å². The van der Waals surface area contributed by atoms with E-state index >= 15 is 0 Å². The van der Waals surface area contributed by atoms with E-state index in [1.54, 1.807) is 18.7 Å². The van der Waals surface area contributed by atoms with Crippen molar-refractivity contribution in [2.45, 2.75) is 24.9 Å². The highest BCUT2D eigenvalue weighted by Gasteiger charge is 2.46. The topological polar surface area (TPSA) is 95.1 Å². The van der Waals surface area contributed by atoms with Crippen LogP contribution in [-0.4, -0.2) is 59.1 Å². The minimum atomic E-state index is -4.53. The lowest BCUT2D eigenvalue weighted by atomic mass is 10.0. The van der Waals surface area contributed by atoms with Gasteiger partial charge in [-0.1, -0.05) is 0 Å². The molecule has 0 aliphatic carbocycles. The van der Waals surface area contributed by atoms with Crippen LogP contribution >= 0.6 is 0 Å². The maximum absolute atomic E-state index is 13.0. The maximum Gasteiger partial charge on any atom is 0.433 e. The van der Waals surface area contributed by atoms with Gasteiger partial charge in [-0.3, -0.25) is 5.10 Å². The van der Waals surface area contributed by atoms with Crippen molar-refractivity contribution in [1.82, 2.24) is 24.5 Å². The molecule has 4 rings (SSSR count). The molecule has 28 heavy (non-hydrogen) atoms. The van der Waals surface area contributed by atoms with E-state index in [0.717, 1.165) is 12.3 Å². The number of nitrogens with one attached hydrogen (secondary N) is 1. The van der Waals surface area contributed by atoms with Gasteiger partial charge < -0.3 is 4.90 Å². The van der Waals surface area contributed by atoms with Crippen LogP contribution < -0.4 is 4.90 Å². The second-order valence-electron chi connectivity index (χ2n) is 7.25. The fraction of sp³-hybridized carbons (Fsp3) is 0.562. The third-order valence-electron chi connectivity index (χ3n) is 5.33. The number of fused-ring (bicyclic) bond motifs is 1. The lowest BCUT2D eigenvalue weighted by Gasteiger charge is -2.22. The molecular weight excluding hydrogens is 397 g/mol. The standard InChI is InChI=1S/C16H19F3N6O2S/c1-9-14(10(2)23-22-9)28(26,27)25-7-11-5-24(6-12(11)8-25)15-20-4-3-13(21-15)16(17,18)19/h3-4,11-12H,5-8H2,1-2H3,(H,22,23). The van der Waals surface area contributed by atoms with E-state index in [4.69, 9.17) is 0 Å². The zero-order chi connectivity index (χ0) is 20.3.